The largest absolute Gasteiger partial charge is 0.333 e. The van der Waals surface area contributed by atoms with Crippen LogP contribution in [0.5, 0.6) is 0 Å². The molecule has 0 aliphatic carbocycles. The molecular formula is C12H20N6. The second kappa shape index (κ2) is 6.30. The van der Waals surface area contributed by atoms with Gasteiger partial charge in [0.15, 0.2) is 0 Å². The van der Waals surface area contributed by atoms with Gasteiger partial charge in [-0.25, -0.2) is 4.98 Å². The van der Waals surface area contributed by atoms with E-state index in [1.54, 1.807) is 0 Å². The van der Waals surface area contributed by atoms with Crippen LogP contribution in [0, 0.1) is 6.92 Å². The highest BCUT2D eigenvalue weighted by atomic mass is 15.4. The van der Waals surface area contributed by atoms with E-state index in [1.807, 2.05) is 30.2 Å². The third-order valence-corrected chi connectivity index (χ3v) is 2.81. The summed E-state index contributed by atoms with van der Waals surface area (Å²) < 4.78 is 3.99. The van der Waals surface area contributed by atoms with Gasteiger partial charge >= 0.3 is 0 Å². The summed E-state index contributed by atoms with van der Waals surface area (Å²) >= 11 is 0. The average Bonchev–Trinajstić information content (AvgIpc) is 2.96. The van der Waals surface area contributed by atoms with Crippen LogP contribution in [0.3, 0.4) is 0 Å². The van der Waals surface area contributed by atoms with Gasteiger partial charge in [0.2, 0.25) is 0 Å². The van der Waals surface area contributed by atoms with E-state index in [0.717, 1.165) is 44.1 Å². The lowest BCUT2D eigenvalue weighted by atomic mass is 10.4. The van der Waals surface area contributed by atoms with Gasteiger partial charge < -0.3 is 9.88 Å². The van der Waals surface area contributed by atoms with Gasteiger partial charge in [0, 0.05) is 31.7 Å². The Labute approximate surface area is 107 Å². The van der Waals surface area contributed by atoms with Crippen molar-refractivity contribution in [2.45, 2.75) is 39.9 Å². The SMILES string of the molecule is CCCNCc1cn(CCn2ccnc2C)nn1. The van der Waals surface area contributed by atoms with Gasteiger partial charge in [-0.15, -0.1) is 5.10 Å². The van der Waals surface area contributed by atoms with E-state index in [9.17, 15) is 0 Å². The van der Waals surface area contributed by atoms with Crippen molar-refractivity contribution in [1.82, 2.24) is 29.9 Å². The second-order valence-corrected chi connectivity index (χ2v) is 4.32. The molecule has 98 valence electrons. The van der Waals surface area contributed by atoms with Crippen LogP contribution in [0.2, 0.25) is 0 Å². The first kappa shape index (κ1) is 12.8. The van der Waals surface area contributed by atoms with E-state index in [0.29, 0.717) is 0 Å². The quantitative estimate of drug-likeness (QED) is 0.742. The Morgan fingerprint density at radius 1 is 1.33 bits per heavy atom. The molecule has 0 spiro atoms. The Balaban J connectivity index is 1.81. The molecule has 1 N–H and O–H groups in total. The molecule has 0 aliphatic heterocycles. The predicted molar refractivity (Wildman–Crippen MR) is 69.0 cm³/mol. The lowest BCUT2D eigenvalue weighted by molar-refractivity contribution is 0.513. The summed E-state index contributed by atoms with van der Waals surface area (Å²) in [6, 6.07) is 0. The van der Waals surface area contributed by atoms with E-state index >= 15 is 0 Å². The summed E-state index contributed by atoms with van der Waals surface area (Å²) in [7, 11) is 0. The van der Waals surface area contributed by atoms with Crippen molar-refractivity contribution in [2.75, 3.05) is 6.54 Å². The maximum atomic E-state index is 4.19. The van der Waals surface area contributed by atoms with Crippen LogP contribution in [0.1, 0.15) is 24.9 Å². The first-order valence-corrected chi connectivity index (χ1v) is 6.37. The molecule has 2 aromatic heterocycles. The molecule has 0 unspecified atom stereocenters. The van der Waals surface area contributed by atoms with Crippen molar-refractivity contribution in [3.63, 3.8) is 0 Å². The minimum atomic E-state index is 0.790. The van der Waals surface area contributed by atoms with Gasteiger partial charge in [-0.3, -0.25) is 4.68 Å². The second-order valence-electron chi connectivity index (χ2n) is 4.32. The van der Waals surface area contributed by atoms with Crippen molar-refractivity contribution in [3.05, 3.63) is 30.1 Å². The van der Waals surface area contributed by atoms with E-state index in [1.165, 1.54) is 0 Å². The average molecular weight is 248 g/mol. The fraction of sp³-hybridized carbons (Fsp3) is 0.583. The van der Waals surface area contributed by atoms with E-state index < -0.39 is 0 Å². The molecule has 2 aromatic rings. The van der Waals surface area contributed by atoms with Crippen LogP contribution in [0.4, 0.5) is 0 Å². The van der Waals surface area contributed by atoms with Crippen LogP contribution >= 0.6 is 0 Å². The molecule has 0 saturated heterocycles. The van der Waals surface area contributed by atoms with Crippen LogP contribution < -0.4 is 5.32 Å². The van der Waals surface area contributed by atoms with Crippen LogP contribution in [0.15, 0.2) is 18.6 Å². The summed E-state index contributed by atoms with van der Waals surface area (Å²) in [5.74, 6) is 1.03. The van der Waals surface area contributed by atoms with Crippen molar-refractivity contribution in [2.24, 2.45) is 0 Å². The fourth-order valence-corrected chi connectivity index (χ4v) is 1.77. The lowest BCUT2D eigenvalue weighted by Crippen LogP contribution is -2.14. The lowest BCUT2D eigenvalue weighted by Gasteiger charge is -2.03. The molecule has 2 rings (SSSR count). The predicted octanol–water partition coefficient (Wildman–Crippen LogP) is 0.983. The van der Waals surface area contributed by atoms with Crippen molar-refractivity contribution in [1.29, 1.82) is 0 Å². The molecule has 0 saturated carbocycles. The molecule has 0 amide bonds. The molecule has 0 atom stereocenters. The number of rotatable bonds is 7. The van der Waals surface area contributed by atoms with Gasteiger partial charge in [-0.2, -0.15) is 0 Å². The van der Waals surface area contributed by atoms with Crippen LogP contribution in [-0.2, 0) is 19.6 Å². The van der Waals surface area contributed by atoms with Gasteiger partial charge in [0.1, 0.15) is 5.82 Å². The van der Waals surface area contributed by atoms with Crippen molar-refractivity contribution < 1.29 is 0 Å². The zero-order valence-corrected chi connectivity index (χ0v) is 11.0. The summed E-state index contributed by atoms with van der Waals surface area (Å²) in [6.45, 7) is 7.65. The molecule has 0 aromatic carbocycles. The smallest absolute Gasteiger partial charge is 0.105 e. The van der Waals surface area contributed by atoms with Gasteiger partial charge in [0.25, 0.3) is 0 Å². The molecule has 6 heteroatoms. The fourth-order valence-electron chi connectivity index (χ4n) is 1.77. The van der Waals surface area contributed by atoms with Gasteiger partial charge in [-0.1, -0.05) is 12.1 Å². The Hall–Kier alpha value is -1.69. The Bertz CT molecular complexity index is 472. The molecule has 0 fully saturated rings. The Morgan fingerprint density at radius 2 is 2.22 bits per heavy atom. The maximum Gasteiger partial charge on any atom is 0.105 e. The van der Waals surface area contributed by atoms with E-state index in [4.69, 9.17) is 0 Å². The highest BCUT2D eigenvalue weighted by Crippen LogP contribution is 1.98. The zero-order valence-electron chi connectivity index (χ0n) is 11.0. The molecule has 6 nitrogen and oxygen atoms in total. The van der Waals surface area contributed by atoms with Gasteiger partial charge in [-0.05, 0) is 19.9 Å². The number of nitrogens with zero attached hydrogens (tertiary/aromatic N) is 5. The number of aryl methyl sites for hydroxylation is 3. The third-order valence-electron chi connectivity index (χ3n) is 2.81. The summed E-state index contributed by atoms with van der Waals surface area (Å²) in [4.78, 5) is 4.19. The maximum absolute atomic E-state index is 4.19. The van der Waals surface area contributed by atoms with Crippen molar-refractivity contribution in [3.8, 4) is 0 Å². The number of nitrogens with one attached hydrogen (secondary N) is 1. The number of hydrogen-bond donors (Lipinski definition) is 1. The first-order chi connectivity index (χ1) is 8.79. The zero-order chi connectivity index (χ0) is 12.8. The monoisotopic (exact) mass is 248 g/mol. The first-order valence-electron chi connectivity index (χ1n) is 6.37. The van der Waals surface area contributed by atoms with Crippen molar-refractivity contribution >= 4 is 0 Å². The summed E-state index contributed by atoms with van der Waals surface area (Å²) in [5.41, 5.74) is 0.991. The Kier molecular flexibility index (Phi) is 4.46. The summed E-state index contributed by atoms with van der Waals surface area (Å²) in [6.07, 6.45) is 6.93. The molecule has 2 heterocycles. The van der Waals surface area contributed by atoms with E-state index in [-0.39, 0.29) is 0 Å². The Morgan fingerprint density at radius 3 is 2.94 bits per heavy atom. The molecule has 0 aliphatic rings. The number of imidazole rings is 1. The van der Waals surface area contributed by atoms with Gasteiger partial charge in [0.05, 0.1) is 12.2 Å². The highest BCUT2D eigenvalue weighted by Gasteiger charge is 2.01. The van der Waals surface area contributed by atoms with Crippen LogP contribution in [-0.4, -0.2) is 31.1 Å². The molecule has 18 heavy (non-hydrogen) atoms. The molecule has 0 bridgehead atoms. The topological polar surface area (TPSA) is 60.6 Å². The molecule has 0 radical (unpaired) electrons. The molecular weight excluding hydrogens is 228 g/mol. The van der Waals surface area contributed by atoms with Crippen LogP contribution in [0.25, 0.3) is 0 Å². The normalized spacial score (nSPS) is 11.0. The number of aromatic nitrogens is 5. The number of hydrogen-bond acceptors (Lipinski definition) is 4. The standard InChI is InChI=1S/C12H20N6/c1-3-4-13-9-12-10-18(16-15-12)8-7-17-6-5-14-11(17)2/h5-6,10,13H,3-4,7-9H2,1-2H3. The minimum absolute atomic E-state index is 0.790. The highest BCUT2D eigenvalue weighted by molar-refractivity contribution is 4.92. The summed E-state index contributed by atoms with van der Waals surface area (Å²) in [5, 5.41) is 11.6. The third kappa shape index (κ3) is 3.40. The minimum Gasteiger partial charge on any atom is -0.333 e. The van der Waals surface area contributed by atoms with E-state index in [2.05, 4.69) is 32.1 Å².